The van der Waals surface area contributed by atoms with Crippen LogP contribution in [-0.4, -0.2) is 35.2 Å². The van der Waals surface area contributed by atoms with Crippen LogP contribution in [-0.2, 0) is 0 Å². The summed E-state index contributed by atoms with van der Waals surface area (Å²) < 4.78 is 0. The molecule has 0 unspecified atom stereocenters. The summed E-state index contributed by atoms with van der Waals surface area (Å²) in [7, 11) is 1.58. The average Bonchev–Trinajstić information content (AvgIpc) is 2.53. The second-order valence-electron chi connectivity index (χ2n) is 5.94. The summed E-state index contributed by atoms with van der Waals surface area (Å²) in [5.41, 5.74) is 0.557. The molecule has 116 valence electrons. The molecule has 21 heavy (non-hydrogen) atoms. The van der Waals surface area contributed by atoms with E-state index < -0.39 is 5.60 Å². The highest BCUT2D eigenvalue weighted by molar-refractivity contribution is 5.92. The first-order valence-corrected chi connectivity index (χ1v) is 7.70. The number of nitrogens with zero attached hydrogens (tertiary/aromatic N) is 1. The summed E-state index contributed by atoms with van der Waals surface area (Å²) in [4.78, 5) is 15.6. The second-order valence-corrected chi connectivity index (χ2v) is 5.94. The first-order valence-electron chi connectivity index (χ1n) is 7.70. The van der Waals surface area contributed by atoms with E-state index in [1.165, 1.54) is 6.42 Å². The van der Waals surface area contributed by atoms with Crippen molar-refractivity contribution in [1.82, 2.24) is 10.3 Å². The minimum absolute atomic E-state index is 0.208. The van der Waals surface area contributed by atoms with Gasteiger partial charge in [0.1, 0.15) is 5.69 Å². The van der Waals surface area contributed by atoms with E-state index in [4.69, 9.17) is 0 Å². The van der Waals surface area contributed by atoms with Crippen molar-refractivity contribution >= 4 is 11.6 Å². The lowest BCUT2D eigenvalue weighted by Gasteiger charge is -2.36. The van der Waals surface area contributed by atoms with Crippen LogP contribution in [0.5, 0.6) is 0 Å². The van der Waals surface area contributed by atoms with Gasteiger partial charge in [0.2, 0.25) is 0 Å². The molecule has 0 radical (unpaired) electrons. The highest BCUT2D eigenvalue weighted by Crippen LogP contribution is 2.33. The van der Waals surface area contributed by atoms with E-state index in [-0.39, 0.29) is 5.91 Å². The van der Waals surface area contributed by atoms with E-state index in [1.54, 1.807) is 19.3 Å². The monoisotopic (exact) mass is 291 g/mol. The number of pyridine rings is 1. The molecule has 1 saturated carbocycles. The zero-order chi connectivity index (χ0) is 15.3. The third-order valence-electron chi connectivity index (χ3n) is 4.45. The highest BCUT2D eigenvalue weighted by atomic mass is 16.3. The van der Waals surface area contributed by atoms with Gasteiger partial charge in [-0.2, -0.15) is 0 Å². The number of aromatic nitrogens is 1. The van der Waals surface area contributed by atoms with Crippen molar-refractivity contribution in [3.8, 4) is 0 Å². The Labute approximate surface area is 126 Å². The molecule has 3 N–H and O–H groups in total. The molecule has 1 heterocycles. The number of nitrogens with one attached hydrogen (secondary N) is 2. The van der Waals surface area contributed by atoms with Crippen molar-refractivity contribution in [2.24, 2.45) is 5.92 Å². The van der Waals surface area contributed by atoms with Crippen molar-refractivity contribution in [3.63, 3.8) is 0 Å². The van der Waals surface area contributed by atoms with Gasteiger partial charge in [-0.25, -0.2) is 0 Å². The quantitative estimate of drug-likeness (QED) is 0.777. The van der Waals surface area contributed by atoms with E-state index >= 15 is 0 Å². The van der Waals surface area contributed by atoms with E-state index in [2.05, 4.69) is 22.5 Å². The summed E-state index contributed by atoms with van der Waals surface area (Å²) in [6.07, 6.45) is 6.66. The van der Waals surface area contributed by atoms with Crippen LogP contribution >= 0.6 is 0 Å². The SMILES string of the molecule is CCC1CCC(O)(CNc2ccnc(C(=O)NC)c2)CC1. The number of hydrogen-bond donors (Lipinski definition) is 3. The zero-order valence-corrected chi connectivity index (χ0v) is 12.9. The molecule has 0 aromatic carbocycles. The van der Waals surface area contributed by atoms with E-state index in [9.17, 15) is 9.90 Å². The standard InChI is InChI=1S/C16H25N3O2/c1-3-12-4-7-16(21,8-5-12)11-19-13-6-9-18-14(10-13)15(20)17-2/h6,9-10,12,21H,3-5,7-8,11H2,1-2H3,(H,17,20)(H,18,19). The van der Waals surface area contributed by atoms with Crippen molar-refractivity contribution < 1.29 is 9.90 Å². The molecule has 5 nitrogen and oxygen atoms in total. The van der Waals surface area contributed by atoms with Gasteiger partial charge in [0.15, 0.2) is 0 Å². The predicted molar refractivity (Wildman–Crippen MR) is 83.3 cm³/mol. The van der Waals surface area contributed by atoms with Crippen LogP contribution in [0.2, 0.25) is 0 Å². The molecule has 0 spiro atoms. The maximum atomic E-state index is 11.6. The fraction of sp³-hybridized carbons (Fsp3) is 0.625. The minimum atomic E-state index is -0.637. The Morgan fingerprint density at radius 1 is 1.48 bits per heavy atom. The van der Waals surface area contributed by atoms with Crippen molar-refractivity contribution in [1.29, 1.82) is 0 Å². The van der Waals surface area contributed by atoms with Crippen LogP contribution < -0.4 is 10.6 Å². The van der Waals surface area contributed by atoms with Crippen LogP contribution in [0.25, 0.3) is 0 Å². The number of hydrogen-bond acceptors (Lipinski definition) is 4. The van der Waals surface area contributed by atoms with Crippen molar-refractivity contribution in [3.05, 3.63) is 24.0 Å². The van der Waals surface area contributed by atoms with Gasteiger partial charge >= 0.3 is 0 Å². The highest BCUT2D eigenvalue weighted by Gasteiger charge is 2.32. The Morgan fingerprint density at radius 3 is 2.81 bits per heavy atom. The third-order valence-corrected chi connectivity index (χ3v) is 4.45. The molecule has 0 atom stereocenters. The van der Waals surface area contributed by atoms with Gasteiger partial charge < -0.3 is 15.7 Å². The minimum Gasteiger partial charge on any atom is -0.388 e. The molecule has 1 amide bonds. The lowest BCUT2D eigenvalue weighted by atomic mass is 9.78. The topological polar surface area (TPSA) is 74.2 Å². The number of rotatable bonds is 5. The molecule has 0 saturated heterocycles. The van der Waals surface area contributed by atoms with Crippen LogP contribution in [0.1, 0.15) is 49.5 Å². The molecule has 1 aliphatic rings. The molecular weight excluding hydrogens is 266 g/mol. The van der Waals surface area contributed by atoms with Crippen molar-refractivity contribution in [2.45, 2.75) is 44.6 Å². The summed E-state index contributed by atoms with van der Waals surface area (Å²) >= 11 is 0. The number of carbonyl (C=O) groups is 1. The number of amides is 1. The van der Waals surface area contributed by atoms with Gasteiger partial charge in [-0.05, 0) is 43.7 Å². The Bertz CT molecular complexity index is 482. The van der Waals surface area contributed by atoms with Crippen LogP contribution in [0, 0.1) is 5.92 Å². The molecule has 1 aliphatic carbocycles. The lowest BCUT2D eigenvalue weighted by molar-refractivity contribution is 0.00229. The maximum absolute atomic E-state index is 11.6. The number of aliphatic hydroxyl groups is 1. The zero-order valence-electron chi connectivity index (χ0n) is 12.9. The molecule has 1 aromatic rings. The molecule has 1 fully saturated rings. The van der Waals surface area contributed by atoms with E-state index in [0.717, 1.165) is 37.3 Å². The molecule has 0 aliphatic heterocycles. The third kappa shape index (κ3) is 4.17. The number of anilines is 1. The summed E-state index contributed by atoms with van der Waals surface area (Å²) in [6, 6.07) is 3.52. The van der Waals surface area contributed by atoms with Crippen molar-refractivity contribution in [2.75, 3.05) is 18.9 Å². The van der Waals surface area contributed by atoms with Gasteiger partial charge in [-0.1, -0.05) is 13.3 Å². The Morgan fingerprint density at radius 2 is 2.19 bits per heavy atom. The Hall–Kier alpha value is -1.62. The fourth-order valence-corrected chi connectivity index (χ4v) is 2.86. The molecule has 5 heteroatoms. The second kappa shape index (κ2) is 6.89. The normalized spacial score (nSPS) is 25.4. The maximum Gasteiger partial charge on any atom is 0.269 e. The van der Waals surface area contributed by atoms with Crippen LogP contribution in [0.3, 0.4) is 0 Å². The largest absolute Gasteiger partial charge is 0.388 e. The molecule has 1 aromatic heterocycles. The van der Waals surface area contributed by atoms with Gasteiger partial charge in [0.25, 0.3) is 5.91 Å². The molecular formula is C16H25N3O2. The van der Waals surface area contributed by atoms with Crippen LogP contribution in [0.15, 0.2) is 18.3 Å². The van der Waals surface area contributed by atoms with Crippen LogP contribution in [0.4, 0.5) is 5.69 Å². The first-order chi connectivity index (χ1) is 10.1. The Balaban J connectivity index is 1.92. The summed E-state index contributed by atoms with van der Waals surface area (Å²) in [5, 5.41) is 16.4. The molecule has 0 bridgehead atoms. The summed E-state index contributed by atoms with van der Waals surface area (Å²) in [6.45, 7) is 2.73. The Kier molecular flexibility index (Phi) is 5.17. The van der Waals surface area contributed by atoms with Gasteiger partial charge in [-0.15, -0.1) is 0 Å². The molecule has 2 rings (SSSR count). The van der Waals surface area contributed by atoms with Gasteiger partial charge in [0, 0.05) is 25.5 Å². The number of carbonyl (C=O) groups excluding carboxylic acids is 1. The summed E-state index contributed by atoms with van der Waals surface area (Å²) in [5.74, 6) is 0.548. The fourth-order valence-electron chi connectivity index (χ4n) is 2.86. The average molecular weight is 291 g/mol. The van der Waals surface area contributed by atoms with Gasteiger partial charge in [-0.3, -0.25) is 9.78 Å². The smallest absolute Gasteiger partial charge is 0.269 e. The predicted octanol–water partition coefficient (Wildman–Crippen LogP) is 2.18. The van der Waals surface area contributed by atoms with E-state index in [0.29, 0.717) is 12.2 Å². The first kappa shape index (κ1) is 15.8. The van der Waals surface area contributed by atoms with Gasteiger partial charge in [0.05, 0.1) is 5.60 Å². The van der Waals surface area contributed by atoms with E-state index in [1.807, 2.05) is 6.07 Å². The lowest BCUT2D eigenvalue weighted by Crippen LogP contribution is -2.40.